The lowest BCUT2D eigenvalue weighted by Gasteiger charge is -2.32. The van der Waals surface area contributed by atoms with Crippen LogP contribution in [0.25, 0.3) is 0 Å². The Morgan fingerprint density at radius 2 is 2.12 bits per heavy atom. The molecule has 0 radical (unpaired) electrons. The molecule has 26 heavy (non-hydrogen) atoms. The van der Waals surface area contributed by atoms with Crippen LogP contribution in [0, 0.1) is 0 Å². The first-order chi connectivity index (χ1) is 12.5. The molecule has 1 aromatic rings. The third-order valence-corrected chi connectivity index (χ3v) is 6.32. The first kappa shape index (κ1) is 19.5. The molecule has 0 spiro atoms. The van der Waals surface area contributed by atoms with Gasteiger partial charge >= 0.3 is 0 Å². The largest absolute Gasteiger partial charge is 0.395 e. The van der Waals surface area contributed by atoms with E-state index in [9.17, 15) is 8.42 Å². The van der Waals surface area contributed by atoms with E-state index in [1.165, 1.54) is 12.5 Å². The zero-order chi connectivity index (χ0) is 18.6. The number of aliphatic hydroxyl groups is 1. The molecule has 0 aromatic carbocycles. The zero-order valence-corrected chi connectivity index (χ0v) is 16.1. The molecule has 0 aliphatic carbocycles. The Morgan fingerprint density at radius 1 is 1.35 bits per heavy atom. The lowest BCUT2D eigenvalue weighted by atomic mass is 9.96. The van der Waals surface area contributed by atoms with Crippen molar-refractivity contribution in [1.82, 2.24) is 20.2 Å². The van der Waals surface area contributed by atoms with Crippen LogP contribution in [0.2, 0.25) is 0 Å². The number of hydrogen-bond donors (Lipinski definition) is 3. The van der Waals surface area contributed by atoms with Gasteiger partial charge in [0.25, 0.3) is 0 Å². The number of anilines is 1. The Labute approximate surface area is 155 Å². The van der Waals surface area contributed by atoms with Crippen LogP contribution in [0.3, 0.4) is 0 Å². The van der Waals surface area contributed by atoms with Gasteiger partial charge in [0.15, 0.2) is 9.84 Å². The minimum absolute atomic E-state index is 0.100. The average Bonchev–Trinajstić information content (AvgIpc) is 2.63. The number of piperidine rings is 2. The van der Waals surface area contributed by atoms with E-state index in [-0.39, 0.29) is 23.5 Å². The van der Waals surface area contributed by atoms with Crippen molar-refractivity contribution in [3.05, 3.63) is 11.9 Å². The van der Waals surface area contributed by atoms with Crippen molar-refractivity contribution >= 4 is 15.8 Å². The maximum absolute atomic E-state index is 12.1. The molecule has 3 rings (SSSR count). The van der Waals surface area contributed by atoms with Gasteiger partial charge in [-0.3, -0.25) is 0 Å². The van der Waals surface area contributed by atoms with Crippen molar-refractivity contribution in [2.45, 2.75) is 42.5 Å². The van der Waals surface area contributed by atoms with Crippen molar-refractivity contribution in [3.8, 4) is 0 Å². The van der Waals surface area contributed by atoms with Crippen LogP contribution >= 0.6 is 0 Å². The van der Waals surface area contributed by atoms with Gasteiger partial charge in [0.2, 0.25) is 5.95 Å². The van der Waals surface area contributed by atoms with Gasteiger partial charge in [0, 0.05) is 44.4 Å². The normalized spacial score (nSPS) is 23.1. The zero-order valence-electron chi connectivity index (χ0n) is 15.3. The van der Waals surface area contributed by atoms with E-state index in [2.05, 4.69) is 25.5 Å². The number of aliphatic hydroxyl groups excluding tert-OH is 1. The Balaban J connectivity index is 1.74. The number of nitrogens with zero attached hydrogens (tertiary/aromatic N) is 3. The predicted molar refractivity (Wildman–Crippen MR) is 100 cm³/mol. The summed E-state index contributed by atoms with van der Waals surface area (Å²) in [6, 6.07) is 0.270. The monoisotopic (exact) mass is 383 g/mol. The van der Waals surface area contributed by atoms with E-state index in [4.69, 9.17) is 5.11 Å². The third kappa shape index (κ3) is 4.91. The number of nitrogens with one attached hydrogen (secondary N) is 2. The summed E-state index contributed by atoms with van der Waals surface area (Å²) in [6.45, 7) is 4.47. The van der Waals surface area contributed by atoms with E-state index in [1.807, 2.05) is 0 Å². The van der Waals surface area contributed by atoms with Gasteiger partial charge < -0.3 is 20.6 Å². The SMILES string of the molecule is CS(=O)(=O)c1cnc(NC2CCN(CCO)CC2)nc1C1CCCNC1. The smallest absolute Gasteiger partial charge is 0.223 e. The van der Waals surface area contributed by atoms with Crippen LogP contribution in [0.1, 0.15) is 37.3 Å². The number of rotatable bonds is 6. The highest BCUT2D eigenvalue weighted by Gasteiger charge is 2.26. The summed E-state index contributed by atoms with van der Waals surface area (Å²) < 4.78 is 24.3. The van der Waals surface area contributed by atoms with Gasteiger partial charge in [-0.25, -0.2) is 18.4 Å². The van der Waals surface area contributed by atoms with Crippen molar-refractivity contribution in [3.63, 3.8) is 0 Å². The van der Waals surface area contributed by atoms with E-state index in [0.717, 1.165) is 51.9 Å². The first-order valence-corrected chi connectivity index (χ1v) is 11.2. The number of hydrogen-bond acceptors (Lipinski definition) is 8. The van der Waals surface area contributed by atoms with Gasteiger partial charge in [0.05, 0.1) is 18.5 Å². The molecule has 2 aliphatic heterocycles. The Bertz CT molecular complexity index is 698. The van der Waals surface area contributed by atoms with E-state index < -0.39 is 9.84 Å². The summed E-state index contributed by atoms with van der Waals surface area (Å²) in [5, 5.41) is 15.7. The number of β-amino-alcohol motifs (C(OH)–C–C–N with tert-alkyl or cyclic N) is 1. The summed E-state index contributed by atoms with van der Waals surface area (Å²) in [5.74, 6) is 0.613. The highest BCUT2D eigenvalue weighted by molar-refractivity contribution is 7.90. The van der Waals surface area contributed by atoms with Crippen LogP contribution in [0.4, 0.5) is 5.95 Å². The highest BCUT2D eigenvalue weighted by Crippen LogP contribution is 2.28. The number of likely N-dealkylation sites (tertiary alicyclic amines) is 1. The molecule has 9 heteroatoms. The molecule has 1 unspecified atom stereocenters. The Kier molecular flexibility index (Phi) is 6.44. The molecular formula is C17H29N5O3S. The maximum atomic E-state index is 12.1. The molecule has 3 heterocycles. The van der Waals surface area contributed by atoms with Gasteiger partial charge in [-0.2, -0.15) is 0 Å². The van der Waals surface area contributed by atoms with Crippen molar-refractivity contribution in [1.29, 1.82) is 0 Å². The van der Waals surface area contributed by atoms with Crippen LogP contribution in [-0.2, 0) is 9.84 Å². The van der Waals surface area contributed by atoms with Crippen LogP contribution < -0.4 is 10.6 Å². The summed E-state index contributed by atoms with van der Waals surface area (Å²) in [7, 11) is -3.36. The molecule has 0 amide bonds. The average molecular weight is 384 g/mol. The topological polar surface area (TPSA) is 107 Å². The second kappa shape index (κ2) is 8.60. The minimum Gasteiger partial charge on any atom is -0.395 e. The van der Waals surface area contributed by atoms with E-state index >= 15 is 0 Å². The summed E-state index contributed by atoms with van der Waals surface area (Å²) in [5.41, 5.74) is 0.634. The Morgan fingerprint density at radius 3 is 2.73 bits per heavy atom. The van der Waals surface area contributed by atoms with Crippen LogP contribution in [0.5, 0.6) is 0 Å². The fourth-order valence-corrected chi connectivity index (χ4v) is 4.58. The predicted octanol–water partition coefficient (Wildman–Crippen LogP) is 0.216. The van der Waals surface area contributed by atoms with Crippen LogP contribution in [-0.4, -0.2) is 80.0 Å². The maximum Gasteiger partial charge on any atom is 0.223 e. The summed E-state index contributed by atoms with van der Waals surface area (Å²) in [4.78, 5) is 11.4. The summed E-state index contributed by atoms with van der Waals surface area (Å²) in [6.07, 6.45) is 6.54. The molecule has 1 aromatic heterocycles. The lowest BCUT2D eigenvalue weighted by molar-refractivity contribution is 0.168. The lowest BCUT2D eigenvalue weighted by Crippen LogP contribution is -2.40. The van der Waals surface area contributed by atoms with Crippen LogP contribution in [0.15, 0.2) is 11.1 Å². The third-order valence-electron chi connectivity index (χ3n) is 5.20. The van der Waals surface area contributed by atoms with Gasteiger partial charge in [-0.05, 0) is 32.2 Å². The molecule has 2 aliphatic rings. The molecule has 2 fully saturated rings. The molecule has 146 valence electrons. The summed E-state index contributed by atoms with van der Waals surface area (Å²) >= 11 is 0. The fraction of sp³-hybridized carbons (Fsp3) is 0.765. The fourth-order valence-electron chi connectivity index (χ4n) is 3.74. The molecule has 1 atom stereocenters. The molecular weight excluding hydrogens is 354 g/mol. The molecule has 0 saturated carbocycles. The second-order valence-corrected chi connectivity index (χ2v) is 9.23. The second-order valence-electron chi connectivity index (χ2n) is 7.24. The molecule has 0 bridgehead atoms. The highest BCUT2D eigenvalue weighted by atomic mass is 32.2. The van der Waals surface area contributed by atoms with Crippen molar-refractivity contribution in [2.24, 2.45) is 0 Å². The first-order valence-electron chi connectivity index (χ1n) is 9.35. The van der Waals surface area contributed by atoms with Gasteiger partial charge in [0.1, 0.15) is 4.90 Å². The Hall–Kier alpha value is -1.29. The van der Waals surface area contributed by atoms with E-state index in [1.54, 1.807) is 0 Å². The van der Waals surface area contributed by atoms with E-state index in [0.29, 0.717) is 18.2 Å². The number of sulfone groups is 1. The standard InChI is InChI=1S/C17H29N5O3S/c1-26(24,25)15-12-19-17(21-16(15)13-3-2-6-18-11-13)20-14-4-7-22(8-5-14)9-10-23/h12-14,18,23H,2-11H2,1H3,(H,19,20,21). The number of aromatic nitrogens is 2. The molecule has 2 saturated heterocycles. The van der Waals surface area contributed by atoms with Crippen molar-refractivity contribution < 1.29 is 13.5 Å². The van der Waals surface area contributed by atoms with Gasteiger partial charge in [-0.1, -0.05) is 0 Å². The molecule has 8 nitrogen and oxygen atoms in total. The molecule has 3 N–H and O–H groups in total. The van der Waals surface area contributed by atoms with Crippen molar-refractivity contribution in [2.75, 3.05) is 50.9 Å². The minimum atomic E-state index is -3.36. The van der Waals surface area contributed by atoms with Gasteiger partial charge in [-0.15, -0.1) is 0 Å². The quantitative estimate of drug-likeness (QED) is 0.640.